The molecule has 0 aliphatic heterocycles. The number of nitrogens with one attached hydrogen (secondary N) is 2. The zero-order valence-corrected chi connectivity index (χ0v) is 20.8. The Bertz CT molecular complexity index is 1030. The number of benzene rings is 2. The first-order chi connectivity index (χ1) is 16.8. The smallest absolute Gasteiger partial charge is 0.364 e. The fraction of sp³-hybridized carbons (Fsp3) is 0.400. The summed E-state index contributed by atoms with van der Waals surface area (Å²) >= 11 is 12.2. The van der Waals surface area contributed by atoms with E-state index < -0.39 is 23.3 Å². The van der Waals surface area contributed by atoms with Crippen molar-refractivity contribution in [1.82, 2.24) is 5.32 Å². The molecule has 2 aromatic rings. The molecule has 2 amide bonds. The second-order valence-electron chi connectivity index (χ2n) is 8.62. The Morgan fingerprint density at radius 3 is 2.26 bits per heavy atom. The molecule has 3 rings (SSSR count). The number of methoxy groups -OCH3 is 1. The molecule has 35 heavy (non-hydrogen) atoms. The van der Waals surface area contributed by atoms with Gasteiger partial charge in [-0.15, -0.1) is 0 Å². The van der Waals surface area contributed by atoms with Gasteiger partial charge in [-0.2, -0.15) is 5.26 Å². The molecule has 0 saturated heterocycles. The Hall–Kier alpha value is -2.65. The van der Waals surface area contributed by atoms with Crippen LogP contribution in [0.4, 0.5) is 5.69 Å². The molecule has 0 heterocycles. The first-order valence-electron chi connectivity index (χ1n) is 11.3. The SMILES string of the molecule is COCCC1(C(=O)NC(Cc2ccc(NC(=O)c3c(Cl)cccc3Cl)cc2)C(=O)OO)CCCC1. The molecule has 0 spiro atoms. The number of amides is 2. The van der Waals surface area contributed by atoms with Crippen LogP contribution in [0.3, 0.4) is 0 Å². The summed E-state index contributed by atoms with van der Waals surface area (Å²) in [6.07, 6.45) is 3.94. The van der Waals surface area contributed by atoms with Crippen LogP contribution >= 0.6 is 23.2 Å². The third-order valence-electron chi connectivity index (χ3n) is 6.35. The van der Waals surface area contributed by atoms with E-state index in [4.69, 9.17) is 33.2 Å². The molecule has 0 radical (unpaired) electrons. The van der Waals surface area contributed by atoms with Crippen molar-refractivity contribution >= 4 is 46.7 Å². The van der Waals surface area contributed by atoms with Gasteiger partial charge >= 0.3 is 5.97 Å². The molecule has 1 saturated carbocycles. The van der Waals surface area contributed by atoms with E-state index in [-0.39, 0.29) is 27.9 Å². The summed E-state index contributed by atoms with van der Waals surface area (Å²) in [4.78, 5) is 41.9. The van der Waals surface area contributed by atoms with E-state index in [0.717, 1.165) is 12.8 Å². The second-order valence-corrected chi connectivity index (χ2v) is 9.43. The summed E-state index contributed by atoms with van der Waals surface area (Å²) in [7, 11) is 1.58. The summed E-state index contributed by atoms with van der Waals surface area (Å²) < 4.78 is 5.17. The van der Waals surface area contributed by atoms with Crippen molar-refractivity contribution in [2.45, 2.75) is 44.6 Å². The molecule has 0 aromatic heterocycles. The molecule has 8 nitrogen and oxygen atoms in total. The summed E-state index contributed by atoms with van der Waals surface area (Å²) in [6.45, 7) is 0.440. The van der Waals surface area contributed by atoms with Crippen LogP contribution in [0.5, 0.6) is 0 Å². The van der Waals surface area contributed by atoms with Crippen LogP contribution in [0.2, 0.25) is 10.0 Å². The van der Waals surface area contributed by atoms with Crippen LogP contribution in [0.1, 0.15) is 48.0 Å². The van der Waals surface area contributed by atoms with Crippen LogP contribution in [0.15, 0.2) is 42.5 Å². The maximum absolute atomic E-state index is 13.1. The van der Waals surface area contributed by atoms with Crippen LogP contribution in [0, 0.1) is 5.41 Å². The fourth-order valence-corrected chi connectivity index (χ4v) is 4.95. The van der Waals surface area contributed by atoms with Crippen molar-refractivity contribution in [3.8, 4) is 0 Å². The highest BCUT2D eigenvalue weighted by Gasteiger charge is 2.42. The van der Waals surface area contributed by atoms with E-state index in [9.17, 15) is 14.4 Å². The van der Waals surface area contributed by atoms with Crippen molar-refractivity contribution in [1.29, 1.82) is 0 Å². The average molecular weight is 523 g/mol. The number of anilines is 1. The molecule has 1 aliphatic carbocycles. The van der Waals surface area contributed by atoms with Gasteiger partial charge in [-0.25, -0.2) is 4.79 Å². The van der Waals surface area contributed by atoms with E-state index in [1.165, 1.54) is 0 Å². The normalized spacial score (nSPS) is 15.3. The first kappa shape index (κ1) is 26.9. The van der Waals surface area contributed by atoms with Crippen LogP contribution < -0.4 is 10.6 Å². The monoisotopic (exact) mass is 522 g/mol. The molecular formula is C25H28Cl2N2O6. The van der Waals surface area contributed by atoms with Gasteiger partial charge < -0.3 is 15.4 Å². The van der Waals surface area contributed by atoms with Gasteiger partial charge in [0, 0.05) is 25.8 Å². The highest BCUT2D eigenvalue weighted by Crippen LogP contribution is 2.41. The highest BCUT2D eigenvalue weighted by atomic mass is 35.5. The Balaban J connectivity index is 1.68. The van der Waals surface area contributed by atoms with Gasteiger partial charge in [-0.3, -0.25) is 14.5 Å². The van der Waals surface area contributed by atoms with Crippen molar-refractivity contribution in [2.75, 3.05) is 19.0 Å². The minimum absolute atomic E-state index is 0.0933. The largest absolute Gasteiger partial charge is 0.385 e. The Labute approximate surface area is 213 Å². The van der Waals surface area contributed by atoms with Gasteiger partial charge in [-0.1, -0.05) is 54.2 Å². The van der Waals surface area contributed by atoms with Crippen LogP contribution in [-0.2, 0) is 25.6 Å². The number of carbonyl (C=O) groups is 3. The zero-order chi connectivity index (χ0) is 25.4. The lowest BCUT2D eigenvalue weighted by Crippen LogP contribution is -2.49. The standard InChI is InChI=1S/C25H28Cl2N2O6/c1-34-14-13-25(11-2-3-12-25)24(32)29-20(23(31)35-33)15-16-7-9-17(10-8-16)28-22(30)21-18(26)5-4-6-19(21)27/h4-10,20,33H,2-3,11-15H2,1H3,(H,28,30)(H,29,32). The topological polar surface area (TPSA) is 114 Å². The van der Waals surface area contributed by atoms with Gasteiger partial charge in [0.05, 0.1) is 21.0 Å². The third-order valence-corrected chi connectivity index (χ3v) is 6.98. The lowest BCUT2D eigenvalue weighted by atomic mass is 9.81. The van der Waals surface area contributed by atoms with Crippen LogP contribution in [0.25, 0.3) is 0 Å². The second kappa shape index (κ2) is 12.4. The van der Waals surface area contributed by atoms with Gasteiger partial charge in [0.15, 0.2) is 0 Å². The average Bonchev–Trinajstić information content (AvgIpc) is 3.33. The Morgan fingerprint density at radius 1 is 1.06 bits per heavy atom. The molecular weight excluding hydrogens is 495 g/mol. The number of hydrogen-bond acceptors (Lipinski definition) is 6. The van der Waals surface area contributed by atoms with E-state index in [0.29, 0.717) is 37.1 Å². The lowest BCUT2D eigenvalue weighted by molar-refractivity contribution is -0.236. The van der Waals surface area contributed by atoms with Crippen molar-refractivity contribution < 1.29 is 29.3 Å². The number of hydrogen-bond donors (Lipinski definition) is 3. The zero-order valence-electron chi connectivity index (χ0n) is 19.3. The highest BCUT2D eigenvalue weighted by molar-refractivity contribution is 6.40. The van der Waals surface area contributed by atoms with E-state index in [1.807, 2.05) is 0 Å². The summed E-state index contributed by atoms with van der Waals surface area (Å²) in [5, 5.41) is 14.9. The minimum atomic E-state index is -1.07. The molecule has 188 valence electrons. The first-order valence-corrected chi connectivity index (χ1v) is 12.0. The third kappa shape index (κ3) is 6.73. The Morgan fingerprint density at radius 2 is 1.69 bits per heavy atom. The van der Waals surface area contributed by atoms with Crippen molar-refractivity contribution in [3.05, 3.63) is 63.6 Å². The summed E-state index contributed by atoms with van der Waals surface area (Å²) in [5.41, 5.74) is 0.747. The number of ether oxygens (including phenoxy) is 1. The van der Waals surface area contributed by atoms with E-state index in [2.05, 4.69) is 15.5 Å². The molecule has 1 unspecified atom stereocenters. The van der Waals surface area contributed by atoms with Gasteiger partial charge in [0.2, 0.25) is 5.91 Å². The molecule has 2 aromatic carbocycles. The number of carbonyl (C=O) groups excluding carboxylic acids is 3. The summed E-state index contributed by atoms with van der Waals surface area (Å²) in [6, 6.07) is 10.4. The Kier molecular flexibility index (Phi) is 9.51. The molecule has 1 fully saturated rings. The van der Waals surface area contributed by atoms with Gasteiger partial charge in [0.25, 0.3) is 5.91 Å². The predicted molar refractivity (Wildman–Crippen MR) is 133 cm³/mol. The quantitative estimate of drug-likeness (QED) is 0.302. The minimum Gasteiger partial charge on any atom is -0.385 e. The van der Waals surface area contributed by atoms with Crippen molar-refractivity contribution in [3.63, 3.8) is 0 Å². The maximum Gasteiger partial charge on any atom is 0.364 e. The molecule has 10 heteroatoms. The maximum atomic E-state index is 13.1. The van der Waals surface area contributed by atoms with E-state index in [1.54, 1.807) is 49.6 Å². The molecule has 3 N–H and O–H groups in total. The fourth-order valence-electron chi connectivity index (χ4n) is 4.38. The molecule has 1 aliphatic rings. The van der Waals surface area contributed by atoms with Gasteiger partial charge in [-0.05, 0) is 49.1 Å². The predicted octanol–water partition coefficient (Wildman–Crippen LogP) is 4.89. The molecule has 1 atom stereocenters. The van der Waals surface area contributed by atoms with Crippen molar-refractivity contribution in [2.24, 2.45) is 5.41 Å². The molecule has 0 bridgehead atoms. The summed E-state index contributed by atoms with van der Waals surface area (Å²) in [5.74, 6) is -1.66. The van der Waals surface area contributed by atoms with E-state index >= 15 is 0 Å². The lowest BCUT2D eigenvalue weighted by Gasteiger charge is -2.29. The number of rotatable bonds is 10. The van der Waals surface area contributed by atoms with Gasteiger partial charge in [0.1, 0.15) is 6.04 Å². The van der Waals surface area contributed by atoms with Crippen LogP contribution in [-0.4, -0.2) is 42.8 Å². The number of halogens is 2.